The normalized spacial score (nSPS) is 23.9. The van der Waals surface area contributed by atoms with Gasteiger partial charge in [0, 0.05) is 25.3 Å². The smallest absolute Gasteiger partial charge is 0.222 e. The first-order valence-corrected chi connectivity index (χ1v) is 6.41. The number of carbonyl (C=O) groups is 1. The van der Waals surface area contributed by atoms with E-state index in [4.69, 9.17) is 21.1 Å². The Morgan fingerprint density at radius 2 is 2.12 bits per heavy atom. The fraction of sp³-hybridized carbons (Fsp3) is 0.909. The molecule has 0 aromatic heterocycles. The average molecular weight is 248 g/mol. The van der Waals surface area contributed by atoms with Crippen molar-refractivity contribution in [1.29, 1.82) is 0 Å². The predicted octanol–water partition coefficient (Wildman–Crippen LogP) is 1.37. The molecule has 0 bridgehead atoms. The molecule has 5 heteroatoms. The Kier molecular flexibility index (Phi) is 4.05. The number of nitrogens with zero attached hydrogens (tertiary/aromatic N) is 1. The predicted molar refractivity (Wildman–Crippen MR) is 60.4 cm³/mol. The van der Waals surface area contributed by atoms with Crippen molar-refractivity contribution in [1.82, 2.24) is 4.90 Å². The number of hydrogen-bond acceptors (Lipinski definition) is 3. The summed E-state index contributed by atoms with van der Waals surface area (Å²) >= 11 is 5.59. The lowest BCUT2D eigenvalue weighted by molar-refractivity contribution is -0.193. The van der Waals surface area contributed by atoms with E-state index in [-0.39, 0.29) is 5.91 Å². The Morgan fingerprint density at radius 1 is 1.38 bits per heavy atom. The molecule has 0 unspecified atom stereocenters. The van der Waals surface area contributed by atoms with Crippen LogP contribution in [0.25, 0.3) is 0 Å². The Balaban J connectivity index is 1.88. The van der Waals surface area contributed by atoms with E-state index in [1.807, 2.05) is 4.90 Å². The quantitative estimate of drug-likeness (QED) is 0.707. The maximum atomic E-state index is 11.9. The molecular weight excluding hydrogens is 230 g/mol. The van der Waals surface area contributed by atoms with Crippen LogP contribution in [-0.4, -0.2) is 48.8 Å². The minimum absolute atomic E-state index is 0.166. The van der Waals surface area contributed by atoms with Gasteiger partial charge in [-0.3, -0.25) is 4.79 Å². The molecule has 92 valence electrons. The summed E-state index contributed by atoms with van der Waals surface area (Å²) in [6, 6.07) is 0. The lowest BCUT2D eigenvalue weighted by Gasteiger charge is -2.38. The molecule has 0 atom stereocenters. The van der Waals surface area contributed by atoms with E-state index < -0.39 is 5.79 Å². The highest BCUT2D eigenvalue weighted by molar-refractivity contribution is 6.17. The van der Waals surface area contributed by atoms with E-state index in [1.165, 1.54) is 0 Å². The van der Waals surface area contributed by atoms with Gasteiger partial charge in [0.2, 0.25) is 5.91 Å². The highest BCUT2D eigenvalue weighted by Crippen LogP contribution is 2.30. The summed E-state index contributed by atoms with van der Waals surface area (Å²) in [7, 11) is 0. The number of halogens is 1. The van der Waals surface area contributed by atoms with Crippen LogP contribution in [0.2, 0.25) is 0 Å². The van der Waals surface area contributed by atoms with E-state index in [1.54, 1.807) is 0 Å². The Hall–Kier alpha value is -0.320. The zero-order valence-corrected chi connectivity index (χ0v) is 10.2. The van der Waals surface area contributed by atoms with Gasteiger partial charge in [-0.2, -0.15) is 0 Å². The van der Waals surface area contributed by atoms with Crippen LogP contribution in [0.15, 0.2) is 0 Å². The standard InChI is InChI=1S/C11H18ClNO3/c12-5-1-3-10(14)13-6-2-4-11(9-13)15-7-8-16-11/h1-9H2. The number of alkyl halides is 1. The third kappa shape index (κ3) is 2.67. The SMILES string of the molecule is O=C(CCCCl)N1CCCC2(C1)OCCO2. The second-order valence-corrected chi connectivity index (χ2v) is 4.70. The summed E-state index contributed by atoms with van der Waals surface area (Å²) in [6.07, 6.45) is 3.12. The fourth-order valence-corrected chi connectivity index (χ4v) is 2.44. The Labute approximate surface area is 101 Å². The Morgan fingerprint density at radius 3 is 2.81 bits per heavy atom. The first-order valence-electron chi connectivity index (χ1n) is 5.87. The van der Waals surface area contributed by atoms with Gasteiger partial charge in [-0.25, -0.2) is 0 Å². The Bertz CT molecular complexity index is 254. The van der Waals surface area contributed by atoms with E-state index in [2.05, 4.69) is 0 Å². The van der Waals surface area contributed by atoms with Gasteiger partial charge >= 0.3 is 0 Å². The lowest BCUT2D eigenvalue weighted by atomic mass is 10.0. The minimum Gasteiger partial charge on any atom is -0.346 e. The zero-order valence-electron chi connectivity index (χ0n) is 9.41. The molecule has 0 saturated carbocycles. The van der Waals surface area contributed by atoms with Crippen LogP contribution in [0.5, 0.6) is 0 Å². The van der Waals surface area contributed by atoms with Gasteiger partial charge in [0.1, 0.15) is 0 Å². The molecule has 2 aliphatic heterocycles. The van der Waals surface area contributed by atoms with Gasteiger partial charge in [0.25, 0.3) is 0 Å². The molecule has 1 spiro atoms. The number of rotatable bonds is 3. The minimum atomic E-state index is -0.505. The topological polar surface area (TPSA) is 38.8 Å². The van der Waals surface area contributed by atoms with Crippen LogP contribution in [-0.2, 0) is 14.3 Å². The molecular formula is C11H18ClNO3. The molecule has 0 radical (unpaired) electrons. The summed E-state index contributed by atoms with van der Waals surface area (Å²) in [6.45, 7) is 2.68. The first kappa shape index (κ1) is 12.1. The van der Waals surface area contributed by atoms with E-state index in [0.29, 0.717) is 32.1 Å². The third-order valence-corrected chi connectivity index (χ3v) is 3.38. The number of likely N-dealkylation sites (tertiary alicyclic amines) is 1. The van der Waals surface area contributed by atoms with Crippen molar-refractivity contribution in [3.8, 4) is 0 Å². The van der Waals surface area contributed by atoms with Crippen LogP contribution in [0, 0.1) is 0 Å². The first-order chi connectivity index (χ1) is 7.76. The summed E-state index contributed by atoms with van der Waals surface area (Å²) < 4.78 is 11.2. The van der Waals surface area contributed by atoms with Crippen molar-refractivity contribution in [3.63, 3.8) is 0 Å². The monoisotopic (exact) mass is 247 g/mol. The molecule has 2 rings (SSSR count). The molecule has 0 aromatic rings. The second kappa shape index (κ2) is 5.34. The third-order valence-electron chi connectivity index (χ3n) is 3.11. The average Bonchev–Trinajstić information content (AvgIpc) is 2.74. The van der Waals surface area contributed by atoms with Gasteiger partial charge in [0.15, 0.2) is 5.79 Å². The summed E-state index contributed by atoms with van der Waals surface area (Å²) in [5.41, 5.74) is 0. The molecule has 2 heterocycles. The van der Waals surface area contributed by atoms with Crippen LogP contribution in [0.1, 0.15) is 25.7 Å². The highest BCUT2D eigenvalue weighted by atomic mass is 35.5. The van der Waals surface area contributed by atoms with Gasteiger partial charge in [-0.15, -0.1) is 11.6 Å². The van der Waals surface area contributed by atoms with Crippen LogP contribution >= 0.6 is 11.6 Å². The van der Waals surface area contributed by atoms with Crippen molar-refractivity contribution in [2.24, 2.45) is 0 Å². The largest absolute Gasteiger partial charge is 0.346 e. The van der Waals surface area contributed by atoms with Crippen molar-refractivity contribution < 1.29 is 14.3 Å². The summed E-state index contributed by atoms with van der Waals surface area (Å²) in [5, 5.41) is 0. The van der Waals surface area contributed by atoms with E-state index in [0.717, 1.165) is 25.8 Å². The van der Waals surface area contributed by atoms with Crippen molar-refractivity contribution in [3.05, 3.63) is 0 Å². The van der Waals surface area contributed by atoms with Crippen LogP contribution < -0.4 is 0 Å². The van der Waals surface area contributed by atoms with Crippen molar-refractivity contribution in [2.75, 3.05) is 32.2 Å². The molecule has 16 heavy (non-hydrogen) atoms. The van der Waals surface area contributed by atoms with E-state index in [9.17, 15) is 4.79 Å². The number of amides is 1. The lowest BCUT2D eigenvalue weighted by Crippen LogP contribution is -2.51. The fourth-order valence-electron chi connectivity index (χ4n) is 2.31. The molecule has 2 aliphatic rings. The number of carbonyl (C=O) groups excluding carboxylic acids is 1. The maximum Gasteiger partial charge on any atom is 0.222 e. The number of hydrogen-bond donors (Lipinski definition) is 0. The molecule has 2 fully saturated rings. The highest BCUT2D eigenvalue weighted by Gasteiger charge is 2.41. The van der Waals surface area contributed by atoms with Gasteiger partial charge < -0.3 is 14.4 Å². The van der Waals surface area contributed by atoms with Crippen molar-refractivity contribution in [2.45, 2.75) is 31.5 Å². The van der Waals surface area contributed by atoms with E-state index >= 15 is 0 Å². The molecule has 2 saturated heterocycles. The second-order valence-electron chi connectivity index (χ2n) is 4.32. The zero-order chi connectivity index (χ0) is 11.4. The molecule has 1 amide bonds. The maximum absolute atomic E-state index is 11.9. The van der Waals surface area contributed by atoms with Gasteiger partial charge in [-0.1, -0.05) is 0 Å². The molecule has 0 aliphatic carbocycles. The van der Waals surface area contributed by atoms with Gasteiger partial charge in [-0.05, 0) is 12.8 Å². The molecule has 4 nitrogen and oxygen atoms in total. The summed E-state index contributed by atoms with van der Waals surface area (Å²) in [4.78, 5) is 13.7. The molecule has 0 N–H and O–H groups in total. The molecule has 0 aromatic carbocycles. The summed E-state index contributed by atoms with van der Waals surface area (Å²) in [5.74, 6) is 0.200. The number of ether oxygens (including phenoxy) is 2. The van der Waals surface area contributed by atoms with Gasteiger partial charge in [0.05, 0.1) is 19.8 Å². The number of piperidine rings is 1. The van der Waals surface area contributed by atoms with Crippen molar-refractivity contribution >= 4 is 17.5 Å². The van der Waals surface area contributed by atoms with Crippen LogP contribution in [0.4, 0.5) is 0 Å². The van der Waals surface area contributed by atoms with Crippen LogP contribution in [0.3, 0.4) is 0 Å².